The molecule has 1 unspecified atom stereocenters. The summed E-state index contributed by atoms with van der Waals surface area (Å²) in [5.74, 6) is -0.661. The number of amides is 2. The molecular weight excluding hydrogens is 310 g/mol. The molecule has 0 spiro atoms. The van der Waals surface area contributed by atoms with Crippen molar-refractivity contribution in [3.63, 3.8) is 0 Å². The van der Waals surface area contributed by atoms with Crippen LogP contribution in [0.25, 0.3) is 0 Å². The zero-order chi connectivity index (χ0) is 17.3. The van der Waals surface area contributed by atoms with Gasteiger partial charge in [0.1, 0.15) is 6.17 Å². The maximum atomic E-state index is 12.4. The van der Waals surface area contributed by atoms with E-state index < -0.39 is 12.1 Å². The second-order valence-corrected chi connectivity index (χ2v) is 5.39. The maximum Gasteiger partial charge on any atom is 0.255 e. The zero-order valence-electron chi connectivity index (χ0n) is 13.0. The van der Waals surface area contributed by atoms with E-state index in [1.54, 1.807) is 47.4 Å². The first-order valence-electron chi connectivity index (χ1n) is 7.33. The number of phenolic OH excluding ortho intramolecular Hbond substituents is 1. The van der Waals surface area contributed by atoms with E-state index in [0.29, 0.717) is 16.8 Å². The van der Waals surface area contributed by atoms with Crippen molar-refractivity contribution in [1.29, 1.82) is 0 Å². The van der Waals surface area contributed by atoms with Gasteiger partial charge in [-0.15, -0.1) is 0 Å². The number of hydrogen-bond acceptors (Lipinski definition) is 5. The Kier molecular flexibility index (Phi) is 3.99. The SMILES string of the molecule is COc1cccc(C2NC(=O)c3ccccc3N2CC(N)=O)c1O. The smallest absolute Gasteiger partial charge is 0.255 e. The second-order valence-electron chi connectivity index (χ2n) is 5.39. The van der Waals surface area contributed by atoms with E-state index in [4.69, 9.17) is 10.5 Å². The minimum absolute atomic E-state index is 0.0980. The zero-order valence-corrected chi connectivity index (χ0v) is 13.0. The Morgan fingerprint density at radius 3 is 2.75 bits per heavy atom. The lowest BCUT2D eigenvalue weighted by Crippen LogP contribution is -2.49. The number of rotatable bonds is 4. The summed E-state index contributed by atoms with van der Waals surface area (Å²) in [6.07, 6.45) is -0.741. The van der Waals surface area contributed by atoms with Crippen molar-refractivity contribution in [3.05, 3.63) is 53.6 Å². The van der Waals surface area contributed by atoms with Crippen LogP contribution in [-0.2, 0) is 4.79 Å². The molecule has 7 nitrogen and oxygen atoms in total. The fourth-order valence-corrected chi connectivity index (χ4v) is 2.85. The van der Waals surface area contributed by atoms with Crippen molar-refractivity contribution < 1.29 is 19.4 Å². The highest BCUT2D eigenvalue weighted by atomic mass is 16.5. The van der Waals surface area contributed by atoms with Gasteiger partial charge < -0.3 is 25.8 Å². The van der Waals surface area contributed by atoms with Crippen molar-refractivity contribution in [2.75, 3.05) is 18.6 Å². The summed E-state index contributed by atoms with van der Waals surface area (Å²) in [7, 11) is 1.44. The number of methoxy groups -OCH3 is 1. The van der Waals surface area contributed by atoms with Gasteiger partial charge in [-0.05, 0) is 18.2 Å². The lowest BCUT2D eigenvalue weighted by molar-refractivity contribution is -0.116. The highest BCUT2D eigenvalue weighted by Gasteiger charge is 2.34. The molecule has 2 aromatic carbocycles. The Balaban J connectivity index is 2.13. The fourth-order valence-electron chi connectivity index (χ4n) is 2.85. The lowest BCUT2D eigenvalue weighted by Gasteiger charge is -2.38. The van der Waals surface area contributed by atoms with E-state index in [1.807, 2.05) is 0 Å². The summed E-state index contributed by atoms with van der Waals surface area (Å²) < 4.78 is 5.12. The Hall–Kier alpha value is -3.22. The summed E-state index contributed by atoms with van der Waals surface area (Å²) in [4.78, 5) is 25.6. The van der Waals surface area contributed by atoms with E-state index in [9.17, 15) is 14.7 Å². The summed E-state index contributed by atoms with van der Waals surface area (Å²) in [5, 5.41) is 13.2. The van der Waals surface area contributed by atoms with E-state index in [2.05, 4.69) is 5.32 Å². The topological polar surface area (TPSA) is 105 Å². The monoisotopic (exact) mass is 327 g/mol. The standard InChI is InChI=1S/C17H17N3O4/c1-24-13-8-4-6-11(15(13)22)16-19-17(23)10-5-2-3-7-12(10)20(16)9-14(18)21/h2-8,16,22H,9H2,1H3,(H2,18,21)(H,19,23). The third kappa shape index (κ3) is 2.60. The number of phenols is 1. The highest BCUT2D eigenvalue weighted by molar-refractivity contribution is 6.02. The van der Waals surface area contributed by atoms with Gasteiger partial charge in [0.15, 0.2) is 11.5 Å². The molecule has 7 heteroatoms. The molecule has 0 saturated heterocycles. The number of fused-ring (bicyclic) bond motifs is 1. The number of para-hydroxylation sites is 2. The number of hydrogen-bond donors (Lipinski definition) is 3. The molecule has 0 saturated carbocycles. The minimum Gasteiger partial charge on any atom is -0.504 e. The molecule has 24 heavy (non-hydrogen) atoms. The molecule has 0 aliphatic carbocycles. The molecule has 1 heterocycles. The number of nitrogens with zero attached hydrogens (tertiary/aromatic N) is 1. The number of primary amides is 1. The molecule has 1 aliphatic heterocycles. The Labute approximate surface area is 138 Å². The molecule has 124 valence electrons. The van der Waals surface area contributed by atoms with Crippen molar-refractivity contribution in [2.24, 2.45) is 5.73 Å². The average molecular weight is 327 g/mol. The number of nitrogens with one attached hydrogen (secondary N) is 1. The Morgan fingerprint density at radius 2 is 2.04 bits per heavy atom. The van der Waals surface area contributed by atoms with Crippen LogP contribution >= 0.6 is 0 Å². The van der Waals surface area contributed by atoms with E-state index in [0.717, 1.165) is 0 Å². The van der Waals surface area contributed by atoms with Crippen LogP contribution in [0.4, 0.5) is 5.69 Å². The Morgan fingerprint density at radius 1 is 1.29 bits per heavy atom. The van der Waals surface area contributed by atoms with Crippen LogP contribution in [0.3, 0.4) is 0 Å². The summed E-state index contributed by atoms with van der Waals surface area (Å²) in [5.41, 5.74) is 6.80. The molecule has 0 radical (unpaired) electrons. The van der Waals surface area contributed by atoms with Gasteiger partial charge in [0.25, 0.3) is 5.91 Å². The van der Waals surface area contributed by atoms with Crippen LogP contribution in [0.5, 0.6) is 11.5 Å². The molecule has 1 atom stereocenters. The molecule has 3 rings (SSSR count). The lowest BCUT2D eigenvalue weighted by atomic mass is 10.0. The van der Waals surface area contributed by atoms with Gasteiger partial charge >= 0.3 is 0 Å². The van der Waals surface area contributed by atoms with Gasteiger partial charge in [0.05, 0.1) is 24.9 Å². The predicted octanol–water partition coefficient (Wildman–Crippen LogP) is 1.13. The predicted molar refractivity (Wildman–Crippen MR) is 87.8 cm³/mol. The number of anilines is 1. The number of carbonyl (C=O) groups is 2. The second kappa shape index (κ2) is 6.11. The molecule has 4 N–H and O–H groups in total. The van der Waals surface area contributed by atoms with Gasteiger partial charge in [-0.3, -0.25) is 9.59 Å². The molecule has 0 bridgehead atoms. The van der Waals surface area contributed by atoms with Crippen LogP contribution < -0.4 is 20.7 Å². The first-order valence-corrected chi connectivity index (χ1v) is 7.33. The van der Waals surface area contributed by atoms with E-state index >= 15 is 0 Å². The minimum atomic E-state index is -0.741. The normalized spacial score (nSPS) is 16.3. The van der Waals surface area contributed by atoms with Crippen LogP contribution in [0, 0.1) is 0 Å². The largest absolute Gasteiger partial charge is 0.504 e. The van der Waals surface area contributed by atoms with Gasteiger partial charge in [-0.2, -0.15) is 0 Å². The van der Waals surface area contributed by atoms with Crippen LogP contribution in [-0.4, -0.2) is 30.6 Å². The van der Waals surface area contributed by atoms with Crippen LogP contribution in [0.15, 0.2) is 42.5 Å². The quantitative estimate of drug-likeness (QED) is 0.781. The van der Waals surface area contributed by atoms with Crippen molar-refractivity contribution >= 4 is 17.5 Å². The van der Waals surface area contributed by atoms with E-state index in [-0.39, 0.29) is 24.0 Å². The third-order valence-corrected chi connectivity index (χ3v) is 3.91. The van der Waals surface area contributed by atoms with Crippen molar-refractivity contribution in [1.82, 2.24) is 5.32 Å². The van der Waals surface area contributed by atoms with Crippen LogP contribution in [0.2, 0.25) is 0 Å². The Bertz CT molecular complexity index is 806. The number of carbonyl (C=O) groups excluding carboxylic acids is 2. The number of benzene rings is 2. The summed E-state index contributed by atoms with van der Waals surface area (Å²) in [6.45, 7) is -0.112. The van der Waals surface area contributed by atoms with E-state index in [1.165, 1.54) is 7.11 Å². The van der Waals surface area contributed by atoms with Gasteiger partial charge in [-0.25, -0.2) is 0 Å². The van der Waals surface area contributed by atoms with Gasteiger partial charge in [0, 0.05) is 5.56 Å². The number of nitrogens with two attached hydrogens (primary N) is 1. The van der Waals surface area contributed by atoms with Gasteiger partial charge in [-0.1, -0.05) is 24.3 Å². The average Bonchev–Trinajstić information content (AvgIpc) is 2.57. The summed E-state index contributed by atoms with van der Waals surface area (Å²) in [6, 6.07) is 11.9. The first kappa shape index (κ1) is 15.7. The number of ether oxygens (including phenoxy) is 1. The fraction of sp³-hybridized carbons (Fsp3) is 0.176. The third-order valence-electron chi connectivity index (χ3n) is 3.91. The molecular formula is C17H17N3O4. The molecule has 0 fully saturated rings. The maximum absolute atomic E-state index is 12.4. The molecule has 1 aliphatic rings. The first-order chi connectivity index (χ1) is 11.5. The van der Waals surface area contributed by atoms with Crippen LogP contribution in [0.1, 0.15) is 22.1 Å². The summed E-state index contributed by atoms with van der Waals surface area (Å²) >= 11 is 0. The highest BCUT2D eigenvalue weighted by Crippen LogP contribution is 2.39. The molecule has 0 aromatic heterocycles. The van der Waals surface area contributed by atoms with Crippen molar-refractivity contribution in [3.8, 4) is 11.5 Å². The molecule has 2 aromatic rings. The molecule has 2 amide bonds. The number of aromatic hydroxyl groups is 1. The van der Waals surface area contributed by atoms with Crippen molar-refractivity contribution in [2.45, 2.75) is 6.17 Å². The van der Waals surface area contributed by atoms with Gasteiger partial charge in [0.2, 0.25) is 5.91 Å².